The Labute approximate surface area is 136 Å². The first-order valence-corrected chi connectivity index (χ1v) is 7.21. The van der Waals surface area contributed by atoms with Crippen LogP contribution in [0, 0.1) is 17.5 Å². The first-order valence-electron chi connectivity index (χ1n) is 7.21. The molecule has 4 nitrogen and oxygen atoms in total. The second-order valence-electron chi connectivity index (χ2n) is 5.59. The average molecular weight is 339 g/mol. The van der Waals surface area contributed by atoms with Crippen molar-refractivity contribution < 1.29 is 27.8 Å². The minimum absolute atomic E-state index is 0.234. The summed E-state index contributed by atoms with van der Waals surface area (Å²) in [7, 11) is 0. The van der Waals surface area contributed by atoms with Crippen molar-refractivity contribution in [2.75, 3.05) is 6.61 Å². The zero-order valence-corrected chi connectivity index (χ0v) is 13.4. The van der Waals surface area contributed by atoms with E-state index in [9.17, 15) is 18.0 Å². The third-order valence-corrected chi connectivity index (χ3v) is 3.54. The molecule has 0 amide bonds. The molecule has 0 aliphatic rings. The lowest BCUT2D eigenvalue weighted by atomic mass is 9.95. The molecule has 1 N–H and O–H groups in total. The Kier molecular flexibility index (Phi) is 4.94. The van der Waals surface area contributed by atoms with Crippen LogP contribution >= 0.6 is 0 Å². The Morgan fingerprint density at radius 1 is 1.17 bits per heavy atom. The van der Waals surface area contributed by atoms with E-state index in [1.54, 1.807) is 20.8 Å². The molecule has 0 atom stereocenters. The second kappa shape index (κ2) is 6.60. The van der Waals surface area contributed by atoms with E-state index < -0.39 is 46.0 Å². The summed E-state index contributed by atoms with van der Waals surface area (Å²) in [5.41, 5.74) is -2.62. The SMILES string of the molecule is CCOC(C)(C)c1cc(F)c(-c2nc(C(=O)O)ccc2F)c(F)c1. The van der Waals surface area contributed by atoms with E-state index in [1.165, 1.54) is 0 Å². The highest BCUT2D eigenvalue weighted by atomic mass is 19.1. The molecule has 1 aromatic heterocycles. The minimum Gasteiger partial charge on any atom is -0.477 e. The number of benzene rings is 1. The van der Waals surface area contributed by atoms with Gasteiger partial charge >= 0.3 is 5.97 Å². The molecule has 0 saturated heterocycles. The van der Waals surface area contributed by atoms with Crippen LogP contribution in [0.3, 0.4) is 0 Å². The van der Waals surface area contributed by atoms with Gasteiger partial charge in [0.2, 0.25) is 0 Å². The molecule has 0 unspecified atom stereocenters. The number of ether oxygens (including phenoxy) is 1. The van der Waals surface area contributed by atoms with Crippen LogP contribution in [-0.4, -0.2) is 22.7 Å². The lowest BCUT2D eigenvalue weighted by Gasteiger charge is -2.25. The quantitative estimate of drug-likeness (QED) is 0.889. The maximum Gasteiger partial charge on any atom is 0.354 e. The molecule has 0 radical (unpaired) electrons. The zero-order valence-electron chi connectivity index (χ0n) is 13.4. The highest BCUT2D eigenvalue weighted by molar-refractivity contribution is 5.86. The summed E-state index contributed by atoms with van der Waals surface area (Å²) in [5, 5.41) is 8.91. The van der Waals surface area contributed by atoms with E-state index in [4.69, 9.17) is 9.84 Å². The molecule has 128 valence electrons. The summed E-state index contributed by atoms with van der Waals surface area (Å²) in [4.78, 5) is 14.4. The van der Waals surface area contributed by atoms with Gasteiger partial charge in [-0.3, -0.25) is 0 Å². The predicted octanol–water partition coefficient (Wildman–Crippen LogP) is 4.14. The van der Waals surface area contributed by atoms with Gasteiger partial charge in [-0.05, 0) is 50.6 Å². The van der Waals surface area contributed by atoms with Gasteiger partial charge in [0, 0.05) is 6.61 Å². The molecule has 2 aromatic rings. The summed E-state index contributed by atoms with van der Waals surface area (Å²) >= 11 is 0. The first-order chi connectivity index (χ1) is 11.2. The van der Waals surface area contributed by atoms with Crippen LogP contribution in [-0.2, 0) is 10.3 Å². The van der Waals surface area contributed by atoms with Crippen LogP contribution in [0.1, 0.15) is 36.8 Å². The lowest BCUT2D eigenvalue weighted by molar-refractivity contribution is -0.0144. The van der Waals surface area contributed by atoms with Crippen molar-refractivity contribution in [3.63, 3.8) is 0 Å². The number of carboxylic acids is 1. The minimum atomic E-state index is -1.42. The van der Waals surface area contributed by atoms with Crippen LogP contribution in [0.15, 0.2) is 24.3 Å². The number of rotatable bonds is 5. The van der Waals surface area contributed by atoms with Gasteiger partial charge in [0.15, 0.2) is 0 Å². The van der Waals surface area contributed by atoms with E-state index >= 15 is 0 Å². The topological polar surface area (TPSA) is 59.4 Å². The summed E-state index contributed by atoms with van der Waals surface area (Å²) in [5.74, 6) is -4.54. The van der Waals surface area contributed by atoms with Crippen molar-refractivity contribution in [2.24, 2.45) is 0 Å². The molecule has 0 saturated carbocycles. The van der Waals surface area contributed by atoms with Crippen LogP contribution in [0.25, 0.3) is 11.3 Å². The van der Waals surface area contributed by atoms with Gasteiger partial charge in [0.1, 0.15) is 28.8 Å². The molecule has 1 heterocycles. The standard InChI is InChI=1S/C17H16F3NO3/c1-4-24-17(2,3)9-7-11(19)14(12(20)8-9)15-10(18)5-6-13(21-15)16(22)23/h5-8H,4H2,1-3H3,(H,22,23). The van der Waals surface area contributed by atoms with Crippen molar-refractivity contribution in [1.29, 1.82) is 0 Å². The number of hydrogen-bond donors (Lipinski definition) is 1. The van der Waals surface area contributed by atoms with E-state index in [0.29, 0.717) is 6.61 Å². The number of hydrogen-bond acceptors (Lipinski definition) is 3. The van der Waals surface area contributed by atoms with Gasteiger partial charge in [-0.25, -0.2) is 22.9 Å². The zero-order chi connectivity index (χ0) is 18.1. The molecule has 0 fully saturated rings. The van der Waals surface area contributed by atoms with E-state index in [1.807, 2.05) is 0 Å². The highest BCUT2D eigenvalue weighted by Gasteiger charge is 2.26. The molecular weight excluding hydrogens is 323 g/mol. The van der Waals surface area contributed by atoms with Crippen molar-refractivity contribution in [1.82, 2.24) is 4.98 Å². The number of carboxylic acid groups (broad SMARTS) is 1. The number of halogens is 3. The summed E-state index contributed by atoms with van der Waals surface area (Å²) < 4.78 is 48.2. The number of aromatic nitrogens is 1. The summed E-state index contributed by atoms with van der Waals surface area (Å²) in [6, 6.07) is 3.79. The molecule has 7 heteroatoms. The smallest absolute Gasteiger partial charge is 0.354 e. The van der Waals surface area contributed by atoms with Gasteiger partial charge in [0.05, 0.1) is 11.2 Å². The lowest BCUT2D eigenvalue weighted by Crippen LogP contribution is -2.22. The molecule has 0 aliphatic carbocycles. The second-order valence-corrected chi connectivity index (χ2v) is 5.59. The fraction of sp³-hybridized carbons (Fsp3) is 0.294. The van der Waals surface area contributed by atoms with E-state index in [0.717, 1.165) is 24.3 Å². The Balaban J connectivity index is 2.62. The number of carbonyl (C=O) groups is 1. The van der Waals surface area contributed by atoms with Gasteiger partial charge in [-0.2, -0.15) is 0 Å². The first kappa shape index (κ1) is 17.9. The van der Waals surface area contributed by atoms with Crippen LogP contribution in [0.4, 0.5) is 13.2 Å². The maximum absolute atomic E-state index is 14.4. The van der Waals surface area contributed by atoms with Crippen molar-refractivity contribution in [3.05, 3.63) is 53.0 Å². The Bertz CT molecular complexity index is 768. The van der Waals surface area contributed by atoms with Gasteiger partial charge in [0.25, 0.3) is 0 Å². The Hall–Kier alpha value is -2.41. The van der Waals surface area contributed by atoms with E-state index in [-0.39, 0.29) is 5.56 Å². The van der Waals surface area contributed by atoms with Gasteiger partial charge in [-0.1, -0.05) is 0 Å². The molecule has 1 aromatic carbocycles. The largest absolute Gasteiger partial charge is 0.477 e. The maximum atomic E-state index is 14.4. The molecule has 0 spiro atoms. The van der Waals surface area contributed by atoms with Crippen LogP contribution < -0.4 is 0 Å². The molecule has 2 rings (SSSR count). The third-order valence-electron chi connectivity index (χ3n) is 3.54. The van der Waals surface area contributed by atoms with Crippen molar-refractivity contribution >= 4 is 5.97 Å². The third kappa shape index (κ3) is 3.41. The predicted molar refractivity (Wildman–Crippen MR) is 81.2 cm³/mol. The summed E-state index contributed by atoms with van der Waals surface area (Å²) in [6.45, 7) is 5.39. The van der Waals surface area contributed by atoms with Gasteiger partial charge in [-0.15, -0.1) is 0 Å². The highest BCUT2D eigenvalue weighted by Crippen LogP contribution is 2.33. The Morgan fingerprint density at radius 3 is 2.25 bits per heavy atom. The van der Waals surface area contributed by atoms with Crippen LogP contribution in [0.5, 0.6) is 0 Å². The normalized spacial score (nSPS) is 11.6. The fourth-order valence-corrected chi connectivity index (χ4v) is 2.33. The molecule has 0 bridgehead atoms. The molecule has 0 aliphatic heterocycles. The molecular formula is C17H16F3NO3. The number of aromatic carboxylic acids is 1. The van der Waals surface area contributed by atoms with Crippen LogP contribution in [0.2, 0.25) is 0 Å². The van der Waals surface area contributed by atoms with E-state index in [2.05, 4.69) is 4.98 Å². The number of pyridine rings is 1. The van der Waals surface area contributed by atoms with Crippen molar-refractivity contribution in [3.8, 4) is 11.3 Å². The Morgan fingerprint density at radius 2 is 1.75 bits per heavy atom. The molecule has 24 heavy (non-hydrogen) atoms. The number of nitrogens with zero attached hydrogens (tertiary/aromatic N) is 1. The monoisotopic (exact) mass is 339 g/mol. The average Bonchev–Trinajstić information content (AvgIpc) is 2.48. The fourth-order valence-electron chi connectivity index (χ4n) is 2.33. The van der Waals surface area contributed by atoms with Gasteiger partial charge < -0.3 is 9.84 Å². The summed E-state index contributed by atoms with van der Waals surface area (Å²) in [6.07, 6.45) is 0. The van der Waals surface area contributed by atoms with Crippen molar-refractivity contribution in [2.45, 2.75) is 26.4 Å².